The molecule has 2 unspecified atom stereocenters. The average Bonchev–Trinajstić information content (AvgIpc) is 2.62. The van der Waals surface area contributed by atoms with Crippen molar-refractivity contribution in [1.82, 2.24) is 5.32 Å². The predicted octanol–water partition coefficient (Wildman–Crippen LogP) is 3.07. The number of halogens is 1. The van der Waals surface area contributed by atoms with Crippen LogP contribution >= 0.6 is 12.4 Å². The van der Waals surface area contributed by atoms with E-state index in [0.717, 1.165) is 19.3 Å². The Morgan fingerprint density at radius 3 is 2.75 bits per heavy atom. The summed E-state index contributed by atoms with van der Waals surface area (Å²) in [6, 6.07) is 8.08. The Kier molecular flexibility index (Phi) is 5.60. The highest BCUT2D eigenvalue weighted by Crippen LogP contribution is 2.44. The monoisotopic (exact) mass is 296 g/mol. The van der Waals surface area contributed by atoms with Crippen LogP contribution in [0.3, 0.4) is 0 Å². The first-order valence-corrected chi connectivity index (χ1v) is 7.11. The summed E-state index contributed by atoms with van der Waals surface area (Å²) in [7, 11) is 0. The lowest BCUT2D eigenvalue weighted by atomic mass is 9.86. The van der Waals surface area contributed by atoms with Crippen molar-refractivity contribution in [2.45, 2.75) is 57.5 Å². The molecule has 2 rings (SSSR count). The number of carbonyl (C=O) groups excluding carboxylic acids is 1. The Hall–Kier alpha value is -1.06. The lowest BCUT2D eigenvalue weighted by molar-refractivity contribution is -0.123. The molecule has 0 fully saturated rings. The highest BCUT2D eigenvalue weighted by atomic mass is 35.5. The van der Waals surface area contributed by atoms with E-state index in [1.807, 2.05) is 13.0 Å². The maximum Gasteiger partial charge on any atom is 0.237 e. The van der Waals surface area contributed by atoms with Crippen molar-refractivity contribution < 1.29 is 4.79 Å². The van der Waals surface area contributed by atoms with Gasteiger partial charge in [-0.3, -0.25) is 4.79 Å². The molecule has 0 aliphatic heterocycles. The van der Waals surface area contributed by atoms with Gasteiger partial charge in [-0.05, 0) is 29.4 Å². The van der Waals surface area contributed by atoms with Crippen LogP contribution < -0.4 is 11.1 Å². The molecule has 0 radical (unpaired) electrons. The summed E-state index contributed by atoms with van der Waals surface area (Å²) in [4.78, 5) is 12.1. The average molecular weight is 297 g/mol. The number of carbonyl (C=O) groups is 1. The molecule has 2 atom stereocenters. The molecular weight excluding hydrogens is 272 g/mol. The third-order valence-corrected chi connectivity index (χ3v) is 4.03. The summed E-state index contributed by atoms with van der Waals surface area (Å²) in [5.41, 5.74) is 8.57. The molecule has 0 heterocycles. The smallest absolute Gasteiger partial charge is 0.237 e. The standard InChI is InChI=1S/C16H24N2O.ClH/c1-4-7-13(17)15(19)18-14-10-16(2,3)12-9-6-5-8-11(12)14;/h5-6,8-9,13-14H,4,7,10,17H2,1-3H3,(H,18,19);1H. The van der Waals surface area contributed by atoms with Crippen molar-refractivity contribution in [2.24, 2.45) is 5.73 Å². The topological polar surface area (TPSA) is 55.1 Å². The molecule has 0 saturated heterocycles. The second-order valence-electron chi connectivity index (χ2n) is 6.13. The summed E-state index contributed by atoms with van der Waals surface area (Å²) in [5.74, 6) is -0.0284. The maximum atomic E-state index is 12.1. The van der Waals surface area contributed by atoms with Crippen LogP contribution in [0.2, 0.25) is 0 Å². The van der Waals surface area contributed by atoms with Crippen molar-refractivity contribution in [3.8, 4) is 0 Å². The fourth-order valence-corrected chi connectivity index (χ4v) is 3.00. The number of amides is 1. The number of nitrogens with one attached hydrogen (secondary N) is 1. The zero-order chi connectivity index (χ0) is 14.0. The molecule has 0 spiro atoms. The molecule has 0 bridgehead atoms. The normalized spacial score (nSPS) is 20.7. The van der Waals surface area contributed by atoms with Gasteiger partial charge in [0.05, 0.1) is 12.1 Å². The van der Waals surface area contributed by atoms with E-state index in [9.17, 15) is 4.79 Å². The van der Waals surface area contributed by atoms with Gasteiger partial charge in [0.25, 0.3) is 0 Å². The first-order chi connectivity index (χ1) is 8.95. The molecule has 1 aliphatic carbocycles. The molecule has 1 amide bonds. The fourth-order valence-electron chi connectivity index (χ4n) is 3.00. The van der Waals surface area contributed by atoms with Gasteiger partial charge in [0, 0.05) is 0 Å². The molecule has 0 saturated carbocycles. The molecule has 20 heavy (non-hydrogen) atoms. The molecule has 0 aromatic heterocycles. The Balaban J connectivity index is 0.00000200. The molecule has 4 heteroatoms. The SMILES string of the molecule is CCCC(N)C(=O)NC1CC(C)(C)c2ccccc21.Cl. The van der Waals surface area contributed by atoms with Gasteiger partial charge in [0.2, 0.25) is 5.91 Å². The summed E-state index contributed by atoms with van der Waals surface area (Å²) in [6.45, 7) is 6.50. The van der Waals surface area contributed by atoms with Crippen molar-refractivity contribution in [2.75, 3.05) is 0 Å². The molecular formula is C16H25ClN2O. The first kappa shape index (κ1) is 17.0. The lowest BCUT2D eigenvalue weighted by Gasteiger charge is -2.20. The second kappa shape index (κ2) is 6.59. The Bertz CT molecular complexity index is 473. The zero-order valence-electron chi connectivity index (χ0n) is 12.5. The van der Waals surface area contributed by atoms with Crippen molar-refractivity contribution in [3.05, 3.63) is 35.4 Å². The largest absolute Gasteiger partial charge is 0.348 e. The highest BCUT2D eigenvalue weighted by Gasteiger charge is 2.37. The zero-order valence-corrected chi connectivity index (χ0v) is 13.3. The molecule has 3 nitrogen and oxygen atoms in total. The summed E-state index contributed by atoms with van der Waals surface area (Å²) in [5, 5.41) is 3.11. The number of fused-ring (bicyclic) bond motifs is 1. The Labute approximate surface area is 127 Å². The van der Waals surface area contributed by atoms with E-state index in [4.69, 9.17) is 5.73 Å². The van der Waals surface area contributed by atoms with Crippen LogP contribution in [0, 0.1) is 0 Å². The van der Waals surface area contributed by atoms with Gasteiger partial charge in [-0.1, -0.05) is 51.5 Å². The summed E-state index contributed by atoms with van der Waals surface area (Å²) < 4.78 is 0. The third-order valence-electron chi connectivity index (χ3n) is 4.03. The van der Waals surface area contributed by atoms with Crippen LogP contribution in [0.5, 0.6) is 0 Å². The lowest BCUT2D eigenvalue weighted by Crippen LogP contribution is -2.41. The molecule has 1 aliphatic rings. The first-order valence-electron chi connectivity index (χ1n) is 7.11. The van der Waals surface area contributed by atoms with E-state index in [1.165, 1.54) is 11.1 Å². The number of benzene rings is 1. The fraction of sp³-hybridized carbons (Fsp3) is 0.562. The van der Waals surface area contributed by atoms with Crippen LogP contribution in [0.1, 0.15) is 57.2 Å². The molecule has 1 aromatic carbocycles. The van der Waals surface area contributed by atoms with Crippen molar-refractivity contribution >= 4 is 18.3 Å². The third kappa shape index (κ3) is 3.33. The number of hydrogen-bond donors (Lipinski definition) is 2. The summed E-state index contributed by atoms with van der Waals surface area (Å²) >= 11 is 0. The molecule has 112 valence electrons. The van der Waals surface area contributed by atoms with Gasteiger partial charge in [-0.25, -0.2) is 0 Å². The van der Waals surface area contributed by atoms with Crippen LogP contribution in [-0.4, -0.2) is 11.9 Å². The number of hydrogen-bond acceptors (Lipinski definition) is 2. The Morgan fingerprint density at radius 1 is 1.45 bits per heavy atom. The minimum Gasteiger partial charge on any atom is -0.348 e. The van der Waals surface area contributed by atoms with Crippen molar-refractivity contribution in [1.29, 1.82) is 0 Å². The highest BCUT2D eigenvalue weighted by molar-refractivity contribution is 5.85. The van der Waals surface area contributed by atoms with Crippen LogP contribution in [0.25, 0.3) is 0 Å². The van der Waals surface area contributed by atoms with E-state index in [1.54, 1.807) is 0 Å². The van der Waals surface area contributed by atoms with Gasteiger partial charge >= 0.3 is 0 Å². The maximum absolute atomic E-state index is 12.1. The van der Waals surface area contributed by atoms with E-state index < -0.39 is 0 Å². The minimum atomic E-state index is -0.388. The Morgan fingerprint density at radius 2 is 2.10 bits per heavy atom. The second-order valence-corrected chi connectivity index (χ2v) is 6.13. The van der Waals surface area contributed by atoms with Crippen LogP contribution in [0.4, 0.5) is 0 Å². The van der Waals surface area contributed by atoms with Gasteiger partial charge < -0.3 is 11.1 Å². The van der Waals surface area contributed by atoms with Crippen LogP contribution in [-0.2, 0) is 10.2 Å². The summed E-state index contributed by atoms with van der Waals surface area (Å²) in [6.07, 6.45) is 2.61. The van der Waals surface area contributed by atoms with E-state index >= 15 is 0 Å². The van der Waals surface area contributed by atoms with E-state index in [-0.39, 0.29) is 35.8 Å². The van der Waals surface area contributed by atoms with Gasteiger partial charge in [0.1, 0.15) is 0 Å². The van der Waals surface area contributed by atoms with Gasteiger partial charge in [-0.2, -0.15) is 0 Å². The number of rotatable bonds is 4. The van der Waals surface area contributed by atoms with E-state index in [2.05, 4.69) is 37.4 Å². The van der Waals surface area contributed by atoms with Gasteiger partial charge in [-0.15, -0.1) is 12.4 Å². The van der Waals surface area contributed by atoms with Gasteiger partial charge in [0.15, 0.2) is 0 Å². The molecule has 1 aromatic rings. The number of nitrogens with two attached hydrogens (primary N) is 1. The minimum absolute atomic E-state index is 0. The van der Waals surface area contributed by atoms with Crippen molar-refractivity contribution in [3.63, 3.8) is 0 Å². The quantitative estimate of drug-likeness (QED) is 0.897. The predicted molar refractivity (Wildman–Crippen MR) is 85.1 cm³/mol. The molecule has 3 N–H and O–H groups in total. The van der Waals surface area contributed by atoms with Crippen LogP contribution in [0.15, 0.2) is 24.3 Å². The van der Waals surface area contributed by atoms with E-state index in [0.29, 0.717) is 0 Å².